The summed E-state index contributed by atoms with van der Waals surface area (Å²) < 4.78 is 1.40. The van der Waals surface area contributed by atoms with E-state index in [-0.39, 0.29) is 11.7 Å². The van der Waals surface area contributed by atoms with Gasteiger partial charge in [0, 0.05) is 0 Å². The van der Waals surface area contributed by atoms with Gasteiger partial charge in [0.25, 0.3) is 0 Å². The molecule has 0 saturated heterocycles. The summed E-state index contributed by atoms with van der Waals surface area (Å²) in [5.74, 6) is -0.779. The van der Waals surface area contributed by atoms with E-state index in [1.54, 1.807) is 13.8 Å². The van der Waals surface area contributed by atoms with E-state index in [1.165, 1.54) is 17.8 Å². The number of rotatable bonds is 4. The molecule has 1 heterocycles. The molecule has 0 bridgehead atoms. The monoisotopic (exact) mass is 213 g/mol. The topological polar surface area (TPSA) is 88.2 Å². The molecule has 1 aromatic rings. The Balaban J connectivity index is 3.11. The van der Waals surface area contributed by atoms with Gasteiger partial charge >= 0.3 is 5.97 Å². The van der Waals surface area contributed by atoms with Gasteiger partial charge in [-0.3, -0.25) is 0 Å². The zero-order chi connectivity index (χ0) is 11.6. The van der Waals surface area contributed by atoms with E-state index in [0.29, 0.717) is 0 Å². The van der Waals surface area contributed by atoms with Crippen LogP contribution < -0.4 is 0 Å². The van der Waals surface area contributed by atoms with E-state index in [9.17, 15) is 9.90 Å². The molecule has 0 radical (unpaired) electrons. The van der Waals surface area contributed by atoms with Crippen LogP contribution in [0.2, 0.25) is 0 Å². The Kier molecular flexibility index (Phi) is 3.41. The summed E-state index contributed by atoms with van der Waals surface area (Å²) in [6, 6.07) is -0.746. The van der Waals surface area contributed by atoms with Crippen molar-refractivity contribution in [3.63, 3.8) is 0 Å². The van der Waals surface area contributed by atoms with Crippen molar-refractivity contribution in [1.82, 2.24) is 14.8 Å². The lowest BCUT2D eigenvalue weighted by atomic mass is 10.0. The predicted molar refractivity (Wildman–Crippen MR) is 52.2 cm³/mol. The Hall–Kier alpha value is -1.43. The van der Waals surface area contributed by atoms with Crippen LogP contribution in [0.5, 0.6) is 0 Å². The number of aromatic nitrogens is 3. The summed E-state index contributed by atoms with van der Waals surface area (Å²) >= 11 is 0. The Labute approximate surface area is 87.6 Å². The van der Waals surface area contributed by atoms with Gasteiger partial charge < -0.3 is 14.8 Å². The maximum atomic E-state index is 11.1. The van der Waals surface area contributed by atoms with Crippen LogP contribution in [-0.4, -0.2) is 30.9 Å². The molecule has 6 heteroatoms. The maximum absolute atomic E-state index is 11.1. The van der Waals surface area contributed by atoms with Crippen molar-refractivity contribution in [3.05, 3.63) is 12.2 Å². The van der Waals surface area contributed by atoms with Gasteiger partial charge in [0.1, 0.15) is 18.5 Å². The number of aliphatic carboxylic acids is 1. The van der Waals surface area contributed by atoms with Gasteiger partial charge in [-0.25, -0.2) is 4.79 Å². The van der Waals surface area contributed by atoms with Crippen LogP contribution in [0.25, 0.3) is 0 Å². The van der Waals surface area contributed by atoms with E-state index in [1.807, 2.05) is 0 Å². The summed E-state index contributed by atoms with van der Waals surface area (Å²) in [7, 11) is 0. The molecule has 6 nitrogen and oxygen atoms in total. The van der Waals surface area contributed by atoms with Crippen LogP contribution in [0.3, 0.4) is 0 Å². The molecule has 2 N–H and O–H groups in total. The van der Waals surface area contributed by atoms with Crippen molar-refractivity contribution in [1.29, 1.82) is 0 Å². The maximum Gasteiger partial charge on any atom is 0.327 e. The molecule has 15 heavy (non-hydrogen) atoms. The molecule has 0 aliphatic carbocycles. The van der Waals surface area contributed by atoms with Crippen LogP contribution in [0.1, 0.15) is 38.7 Å². The third-order valence-corrected chi connectivity index (χ3v) is 2.16. The quantitative estimate of drug-likeness (QED) is 0.765. The molecule has 2 unspecified atom stereocenters. The molecule has 0 saturated carbocycles. The second-order valence-corrected chi connectivity index (χ2v) is 3.80. The highest BCUT2D eigenvalue weighted by atomic mass is 16.4. The summed E-state index contributed by atoms with van der Waals surface area (Å²) in [6.07, 6.45) is 0.508. The van der Waals surface area contributed by atoms with Crippen molar-refractivity contribution in [2.45, 2.75) is 32.9 Å². The van der Waals surface area contributed by atoms with Crippen molar-refractivity contribution in [2.24, 2.45) is 5.92 Å². The average Bonchev–Trinajstić information content (AvgIpc) is 2.51. The van der Waals surface area contributed by atoms with Crippen molar-refractivity contribution >= 4 is 5.97 Å². The summed E-state index contributed by atoms with van der Waals surface area (Å²) in [5, 5.41) is 25.8. The first kappa shape index (κ1) is 11.6. The highest BCUT2D eigenvalue weighted by Gasteiger charge is 2.27. The minimum atomic E-state index is -0.952. The van der Waals surface area contributed by atoms with Gasteiger partial charge in [-0.15, -0.1) is 10.2 Å². The van der Waals surface area contributed by atoms with Gasteiger partial charge in [0.05, 0.1) is 0 Å². The first-order chi connectivity index (χ1) is 6.95. The van der Waals surface area contributed by atoms with E-state index in [2.05, 4.69) is 10.2 Å². The molecule has 0 aromatic carbocycles. The largest absolute Gasteiger partial charge is 0.480 e. The zero-order valence-electron chi connectivity index (χ0n) is 8.95. The van der Waals surface area contributed by atoms with Gasteiger partial charge in [0.15, 0.2) is 5.82 Å². The van der Waals surface area contributed by atoms with Crippen molar-refractivity contribution in [2.75, 3.05) is 0 Å². The third kappa shape index (κ3) is 2.33. The van der Waals surface area contributed by atoms with E-state index >= 15 is 0 Å². The summed E-state index contributed by atoms with van der Waals surface area (Å²) in [6.45, 7) is 5.12. The Morgan fingerprint density at radius 2 is 2.07 bits per heavy atom. The summed E-state index contributed by atoms with van der Waals surface area (Å²) in [4.78, 5) is 11.1. The van der Waals surface area contributed by atoms with Gasteiger partial charge in [-0.2, -0.15) is 0 Å². The molecule has 0 spiro atoms. The van der Waals surface area contributed by atoms with E-state index in [0.717, 1.165) is 0 Å². The molecular weight excluding hydrogens is 198 g/mol. The number of aliphatic hydroxyl groups excluding tert-OH is 1. The minimum Gasteiger partial charge on any atom is -0.480 e. The fourth-order valence-corrected chi connectivity index (χ4v) is 1.49. The molecular formula is C9H15N3O3. The number of hydrogen-bond donors (Lipinski definition) is 2. The van der Waals surface area contributed by atoms with Crippen LogP contribution >= 0.6 is 0 Å². The van der Waals surface area contributed by atoms with Gasteiger partial charge in [-0.1, -0.05) is 13.8 Å². The molecule has 84 valence electrons. The third-order valence-electron chi connectivity index (χ3n) is 2.16. The van der Waals surface area contributed by atoms with Gasteiger partial charge in [0.2, 0.25) is 0 Å². The van der Waals surface area contributed by atoms with Gasteiger partial charge in [-0.05, 0) is 12.8 Å². The average molecular weight is 213 g/mol. The SMILES string of the molecule is CC(O)c1nncn1C(C(=O)O)C(C)C. The van der Waals surface area contributed by atoms with Crippen molar-refractivity contribution < 1.29 is 15.0 Å². The Morgan fingerprint density at radius 3 is 2.47 bits per heavy atom. The molecule has 1 rings (SSSR count). The fraction of sp³-hybridized carbons (Fsp3) is 0.667. The highest BCUT2D eigenvalue weighted by Crippen LogP contribution is 2.21. The number of carbonyl (C=O) groups is 1. The first-order valence-electron chi connectivity index (χ1n) is 4.75. The molecule has 0 aliphatic heterocycles. The van der Waals surface area contributed by atoms with E-state index in [4.69, 9.17) is 5.11 Å². The number of hydrogen-bond acceptors (Lipinski definition) is 4. The molecule has 0 amide bonds. The number of nitrogens with zero attached hydrogens (tertiary/aromatic N) is 3. The zero-order valence-corrected chi connectivity index (χ0v) is 8.95. The minimum absolute atomic E-state index is 0.101. The fourth-order valence-electron chi connectivity index (χ4n) is 1.49. The normalized spacial score (nSPS) is 15.3. The second kappa shape index (κ2) is 4.39. The van der Waals surface area contributed by atoms with E-state index < -0.39 is 18.1 Å². The lowest BCUT2D eigenvalue weighted by molar-refractivity contribution is -0.142. The Bertz CT molecular complexity index is 346. The molecule has 0 fully saturated rings. The Morgan fingerprint density at radius 1 is 1.47 bits per heavy atom. The molecule has 2 atom stereocenters. The highest BCUT2D eigenvalue weighted by molar-refractivity contribution is 5.72. The standard InChI is InChI=1S/C9H15N3O3/c1-5(2)7(9(14)15)12-4-10-11-8(12)6(3)13/h4-7,13H,1-3H3,(H,14,15). The smallest absolute Gasteiger partial charge is 0.327 e. The van der Waals surface area contributed by atoms with Crippen LogP contribution in [0, 0.1) is 5.92 Å². The molecule has 1 aromatic heterocycles. The second-order valence-electron chi connectivity index (χ2n) is 3.80. The predicted octanol–water partition coefficient (Wildman–Crippen LogP) is 0.613. The number of carboxylic acid groups (broad SMARTS) is 1. The van der Waals surface area contributed by atoms with Crippen LogP contribution in [0.4, 0.5) is 0 Å². The van der Waals surface area contributed by atoms with Crippen LogP contribution in [-0.2, 0) is 4.79 Å². The number of carboxylic acids is 1. The lowest BCUT2D eigenvalue weighted by Crippen LogP contribution is -2.25. The first-order valence-corrected chi connectivity index (χ1v) is 4.75. The van der Waals surface area contributed by atoms with Crippen molar-refractivity contribution in [3.8, 4) is 0 Å². The summed E-state index contributed by atoms with van der Waals surface area (Å²) in [5.41, 5.74) is 0. The lowest BCUT2D eigenvalue weighted by Gasteiger charge is -2.19. The molecule has 0 aliphatic rings. The number of aliphatic hydroxyl groups is 1. The van der Waals surface area contributed by atoms with Crippen LogP contribution in [0.15, 0.2) is 6.33 Å².